The number of aryl methyl sites for hydroxylation is 2. The van der Waals surface area contributed by atoms with Crippen molar-refractivity contribution in [2.24, 2.45) is 7.05 Å². The normalized spacial score (nSPS) is 11.8. The van der Waals surface area contributed by atoms with Crippen LogP contribution in [-0.2, 0) is 18.3 Å². The number of rotatable bonds is 10. The molecule has 0 aliphatic rings. The lowest BCUT2D eigenvalue weighted by Crippen LogP contribution is -2.45. The Morgan fingerprint density at radius 1 is 1.09 bits per heavy atom. The predicted octanol–water partition coefficient (Wildman–Crippen LogP) is 5.43. The Bertz CT molecular complexity index is 1920. The largest absolute Gasteiger partial charge is 0.496 e. The predicted molar refractivity (Wildman–Crippen MR) is 172 cm³/mol. The number of nitrogens with one attached hydrogen (secondary N) is 2. The number of ether oxygens (including phenoxy) is 1. The number of hydrogen-bond acceptors (Lipinski definition) is 7. The molecule has 3 heterocycles. The minimum Gasteiger partial charge on any atom is -0.496 e. The number of nitrogens with zero attached hydrogens (tertiary/aromatic N) is 4. The van der Waals surface area contributed by atoms with Crippen molar-refractivity contribution in [3.05, 3.63) is 106 Å². The van der Waals surface area contributed by atoms with E-state index < -0.39 is 17.9 Å². The number of imidazole rings is 1. The molecule has 0 radical (unpaired) electrons. The number of halogens is 1. The first-order valence-corrected chi connectivity index (χ1v) is 14.6. The van der Waals surface area contributed by atoms with Crippen molar-refractivity contribution in [2.45, 2.75) is 39.3 Å². The lowest BCUT2D eigenvalue weighted by molar-refractivity contribution is -0.118. The van der Waals surface area contributed by atoms with Gasteiger partial charge in [-0.3, -0.25) is 14.4 Å². The van der Waals surface area contributed by atoms with Gasteiger partial charge >= 0.3 is 0 Å². The maximum Gasteiger partial charge on any atom is 0.257 e. The number of anilines is 1. The first-order valence-electron chi connectivity index (χ1n) is 14.2. The van der Waals surface area contributed by atoms with Crippen LogP contribution in [0.15, 0.2) is 82.8 Å². The summed E-state index contributed by atoms with van der Waals surface area (Å²) in [6.45, 7) is 5.51. The Hall–Kier alpha value is -5.16. The average molecular weight is 629 g/mol. The monoisotopic (exact) mass is 628 g/mol. The fraction of sp³-hybridized carbons (Fsp3) is 0.242. The van der Waals surface area contributed by atoms with Crippen LogP contribution in [0.3, 0.4) is 0 Å². The van der Waals surface area contributed by atoms with Gasteiger partial charge in [-0.1, -0.05) is 22.8 Å². The lowest BCUT2D eigenvalue weighted by atomic mass is 9.99. The summed E-state index contributed by atoms with van der Waals surface area (Å²) in [4.78, 5) is 43.5. The van der Waals surface area contributed by atoms with Gasteiger partial charge in [0.05, 0.1) is 31.0 Å². The van der Waals surface area contributed by atoms with E-state index >= 15 is 0 Å². The zero-order valence-corrected chi connectivity index (χ0v) is 26.3. The summed E-state index contributed by atoms with van der Waals surface area (Å²) in [7, 11) is 3.43. The number of benzene rings is 2. The van der Waals surface area contributed by atoms with E-state index in [2.05, 4.69) is 20.8 Å². The van der Waals surface area contributed by atoms with Gasteiger partial charge in [0, 0.05) is 54.1 Å². The highest BCUT2D eigenvalue weighted by Gasteiger charge is 2.26. The fourth-order valence-electron chi connectivity index (χ4n) is 4.99. The molecule has 5 rings (SSSR count). The molecule has 45 heavy (non-hydrogen) atoms. The zero-order valence-electron chi connectivity index (χ0n) is 25.5. The molecule has 232 valence electrons. The van der Waals surface area contributed by atoms with Crippen molar-refractivity contribution >= 4 is 29.1 Å². The smallest absolute Gasteiger partial charge is 0.257 e. The molecule has 2 aromatic carbocycles. The van der Waals surface area contributed by atoms with Crippen LogP contribution in [-0.4, -0.2) is 44.2 Å². The van der Waals surface area contributed by atoms with Crippen molar-refractivity contribution in [2.75, 3.05) is 12.4 Å². The van der Waals surface area contributed by atoms with Crippen LogP contribution in [0.2, 0.25) is 5.02 Å². The van der Waals surface area contributed by atoms with Crippen molar-refractivity contribution in [3.8, 4) is 28.1 Å². The molecular formula is C33H33ClN6O5. The molecule has 2 amide bonds. The van der Waals surface area contributed by atoms with E-state index in [-0.39, 0.29) is 23.6 Å². The molecule has 2 N–H and O–H groups in total. The summed E-state index contributed by atoms with van der Waals surface area (Å²) < 4.78 is 14.1. The zero-order chi connectivity index (χ0) is 32.2. The molecule has 0 fully saturated rings. The summed E-state index contributed by atoms with van der Waals surface area (Å²) in [5.41, 5.74) is 4.87. The van der Waals surface area contributed by atoms with Gasteiger partial charge in [-0.2, -0.15) is 0 Å². The van der Waals surface area contributed by atoms with Crippen LogP contribution in [0.4, 0.5) is 5.69 Å². The van der Waals surface area contributed by atoms with E-state index in [1.165, 1.54) is 12.3 Å². The van der Waals surface area contributed by atoms with Gasteiger partial charge in [0.2, 0.25) is 5.91 Å². The second-order valence-electron chi connectivity index (χ2n) is 10.9. The van der Waals surface area contributed by atoms with Crippen molar-refractivity contribution < 1.29 is 18.8 Å². The van der Waals surface area contributed by atoms with Gasteiger partial charge in [0.15, 0.2) is 0 Å². The third kappa shape index (κ3) is 6.83. The topological polar surface area (TPSA) is 133 Å². The van der Waals surface area contributed by atoms with Gasteiger partial charge in [-0.25, -0.2) is 4.98 Å². The van der Waals surface area contributed by atoms with Crippen molar-refractivity contribution in [1.82, 2.24) is 24.6 Å². The molecule has 0 unspecified atom stereocenters. The third-order valence-electron chi connectivity index (χ3n) is 7.48. The Morgan fingerprint density at radius 2 is 1.87 bits per heavy atom. The minimum absolute atomic E-state index is 0.0230. The highest BCUT2D eigenvalue weighted by Crippen LogP contribution is 2.32. The van der Waals surface area contributed by atoms with E-state index in [1.807, 2.05) is 43.7 Å². The van der Waals surface area contributed by atoms with Crippen LogP contribution in [0.1, 0.15) is 41.5 Å². The van der Waals surface area contributed by atoms with Gasteiger partial charge in [0.1, 0.15) is 23.6 Å². The maximum atomic E-state index is 13.8. The van der Waals surface area contributed by atoms with E-state index in [4.69, 9.17) is 20.9 Å². The van der Waals surface area contributed by atoms with Crippen LogP contribution >= 0.6 is 11.6 Å². The van der Waals surface area contributed by atoms with Crippen molar-refractivity contribution in [1.29, 1.82) is 0 Å². The first-order chi connectivity index (χ1) is 21.5. The first kappa shape index (κ1) is 31.3. The van der Waals surface area contributed by atoms with Gasteiger partial charge in [0.25, 0.3) is 11.5 Å². The molecule has 1 atom stereocenters. The van der Waals surface area contributed by atoms with Gasteiger partial charge < -0.3 is 29.0 Å². The van der Waals surface area contributed by atoms with Crippen LogP contribution in [0, 0.1) is 6.92 Å². The summed E-state index contributed by atoms with van der Waals surface area (Å²) in [6.07, 6.45) is 6.52. The second-order valence-corrected chi connectivity index (χ2v) is 11.3. The molecule has 0 saturated carbocycles. The van der Waals surface area contributed by atoms with E-state index in [0.717, 1.165) is 22.4 Å². The van der Waals surface area contributed by atoms with Crippen LogP contribution in [0.5, 0.6) is 5.75 Å². The van der Waals surface area contributed by atoms with E-state index in [1.54, 1.807) is 61.6 Å². The van der Waals surface area contributed by atoms with Crippen molar-refractivity contribution in [3.63, 3.8) is 0 Å². The summed E-state index contributed by atoms with van der Waals surface area (Å²) in [5, 5.41) is 9.93. The number of pyridine rings is 1. The number of aromatic nitrogens is 4. The van der Waals surface area contributed by atoms with Gasteiger partial charge in [-0.05, 0) is 67.8 Å². The number of carbonyl (C=O) groups excluding carboxylic acids is 2. The highest BCUT2D eigenvalue weighted by atomic mass is 35.5. The maximum absolute atomic E-state index is 13.8. The molecule has 12 heteroatoms. The number of methoxy groups -OCH3 is 1. The van der Waals surface area contributed by atoms with Crippen LogP contribution < -0.4 is 20.9 Å². The minimum atomic E-state index is -1.04. The number of carbonyl (C=O) groups is 2. The Kier molecular flexibility index (Phi) is 9.19. The molecule has 0 saturated heterocycles. The van der Waals surface area contributed by atoms with Crippen LogP contribution in [0.25, 0.3) is 22.4 Å². The van der Waals surface area contributed by atoms with Gasteiger partial charge in [-0.15, -0.1) is 0 Å². The number of hydrogen-bond donors (Lipinski definition) is 2. The molecule has 3 aromatic heterocycles. The quantitative estimate of drug-likeness (QED) is 0.211. The molecule has 0 aliphatic heterocycles. The summed E-state index contributed by atoms with van der Waals surface area (Å²) in [5.74, 6) is -0.451. The second kappa shape index (κ2) is 13.2. The standard InChI is InChI=1S/C33H33ClN6O5/c1-19(2)40-16-22(7-11-31(40)41)21-6-10-27(34)23(12-21)13-28(37-32(42)26-17-45-38-20(26)3)33(43)36-24-8-9-25(30(14-24)44-5)29-15-35-18-39(29)4/h6-12,14-19,28H,13H2,1-5H3,(H,36,43)(H,37,42)/t28-/m0/s1. The Morgan fingerprint density at radius 3 is 2.53 bits per heavy atom. The molecular weight excluding hydrogens is 596 g/mol. The molecule has 0 aliphatic carbocycles. The highest BCUT2D eigenvalue weighted by molar-refractivity contribution is 6.31. The fourth-order valence-corrected chi connectivity index (χ4v) is 5.19. The molecule has 0 bridgehead atoms. The molecule has 0 spiro atoms. The average Bonchev–Trinajstić information content (AvgIpc) is 3.65. The third-order valence-corrected chi connectivity index (χ3v) is 7.84. The summed E-state index contributed by atoms with van der Waals surface area (Å²) >= 11 is 6.63. The molecule has 11 nitrogen and oxygen atoms in total. The Labute approximate surface area is 264 Å². The lowest BCUT2D eigenvalue weighted by Gasteiger charge is -2.20. The van der Waals surface area contributed by atoms with E-state index in [0.29, 0.717) is 27.7 Å². The molecule has 5 aromatic rings. The SMILES string of the molecule is COc1cc(NC(=O)[C@H](Cc2cc(-c3ccc(=O)n(C(C)C)c3)ccc2Cl)NC(=O)c2conc2C)ccc1-c1cncn1C. The van der Waals surface area contributed by atoms with E-state index in [9.17, 15) is 14.4 Å². The Balaban J connectivity index is 1.46. The number of amides is 2. The summed E-state index contributed by atoms with van der Waals surface area (Å²) in [6, 6.07) is 12.9.